The lowest BCUT2D eigenvalue weighted by Crippen LogP contribution is -2.33. The van der Waals surface area contributed by atoms with Crippen molar-refractivity contribution in [3.63, 3.8) is 0 Å². The van der Waals surface area contributed by atoms with Gasteiger partial charge in [-0.3, -0.25) is 9.48 Å². The molecule has 1 aromatic heterocycles. The molecule has 5 heteroatoms. The predicted octanol–water partition coefficient (Wildman–Crippen LogP) is 1.36. The molecule has 0 unspecified atom stereocenters. The average Bonchev–Trinajstić information content (AvgIpc) is 2.53. The molecule has 0 spiro atoms. The molecule has 0 aromatic carbocycles. The summed E-state index contributed by atoms with van der Waals surface area (Å²) in [5.41, 5.74) is 0. The molecule has 0 N–H and O–H groups in total. The van der Waals surface area contributed by atoms with Crippen LogP contribution >= 0.6 is 22.6 Å². The lowest BCUT2D eigenvalue weighted by Gasteiger charge is -2.18. The second-order valence-corrected chi connectivity index (χ2v) is 4.17. The van der Waals surface area contributed by atoms with Gasteiger partial charge in [0, 0.05) is 19.3 Å². The molecule has 0 radical (unpaired) electrons. The third-order valence-corrected chi connectivity index (χ3v) is 2.57. The van der Waals surface area contributed by atoms with E-state index in [4.69, 9.17) is 0 Å². The van der Waals surface area contributed by atoms with Crippen LogP contribution in [0.4, 0.5) is 0 Å². The average molecular weight is 307 g/mol. The topological polar surface area (TPSA) is 38.1 Å². The van der Waals surface area contributed by atoms with Crippen LogP contribution in [0.2, 0.25) is 0 Å². The molecular weight excluding hydrogens is 293 g/mol. The first-order valence-electron chi connectivity index (χ1n) is 4.63. The predicted molar refractivity (Wildman–Crippen MR) is 62.9 cm³/mol. The molecule has 1 heterocycles. The standard InChI is InChI=1S/C9H14IN3O/c1-3-12(4-2)9(14)7-13-6-8(10)5-11-13/h5-6H,3-4,7H2,1-2H3. The molecule has 1 rings (SSSR count). The Balaban J connectivity index is 2.56. The van der Waals surface area contributed by atoms with Crippen molar-refractivity contribution in [2.45, 2.75) is 20.4 Å². The molecule has 0 aliphatic carbocycles. The largest absolute Gasteiger partial charge is 0.342 e. The Morgan fingerprint density at radius 3 is 2.64 bits per heavy atom. The van der Waals surface area contributed by atoms with E-state index in [2.05, 4.69) is 27.7 Å². The number of amides is 1. The maximum Gasteiger partial charge on any atom is 0.244 e. The zero-order chi connectivity index (χ0) is 10.6. The number of hydrogen-bond donors (Lipinski definition) is 0. The van der Waals surface area contributed by atoms with Crippen molar-refractivity contribution in [3.05, 3.63) is 16.0 Å². The highest BCUT2D eigenvalue weighted by Crippen LogP contribution is 2.01. The third-order valence-electron chi connectivity index (χ3n) is 2.02. The summed E-state index contributed by atoms with van der Waals surface area (Å²) >= 11 is 2.18. The number of likely N-dealkylation sites (N-methyl/N-ethyl adjacent to an activating group) is 1. The Hall–Kier alpha value is -0.590. The second-order valence-electron chi connectivity index (χ2n) is 2.92. The van der Waals surface area contributed by atoms with Crippen molar-refractivity contribution in [3.8, 4) is 0 Å². The third kappa shape index (κ3) is 2.97. The van der Waals surface area contributed by atoms with Crippen LogP contribution in [0, 0.1) is 3.57 Å². The molecule has 0 fully saturated rings. The summed E-state index contributed by atoms with van der Waals surface area (Å²) in [5, 5.41) is 4.07. The molecule has 0 aliphatic heterocycles. The fourth-order valence-electron chi connectivity index (χ4n) is 1.24. The highest BCUT2D eigenvalue weighted by Gasteiger charge is 2.10. The van der Waals surface area contributed by atoms with Gasteiger partial charge in [-0.05, 0) is 36.4 Å². The van der Waals surface area contributed by atoms with Gasteiger partial charge in [0.25, 0.3) is 0 Å². The Morgan fingerprint density at radius 1 is 1.57 bits per heavy atom. The smallest absolute Gasteiger partial charge is 0.244 e. The van der Waals surface area contributed by atoms with E-state index in [0.29, 0.717) is 6.54 Å². The number of halogens is 1. The van der Waals surface area contributed by atoms with Crippen molar-refractivity contribution < 1.29 is 4.79 Å². The van der Waals surface area contributed by atoms with Gasteiger partial charge in [-0.15, -0.1) is 0 Å². The molecule has 0 atom stereocenters. The number of rotatable bonds is 4. The van der Waals surface area contributed by atoms with Gasteiger partial charge in [0.1, 0.15) is 6.54 Å². The molecule has 0 aliphatic rings. The number of carbonyl (C=O) groups excluding carboxylic acids is 1. The van der Waals surface area contributed by atoms with Gasteiger partial charge in [0.2, 0.25) is 5.91 Å². The van der Waals surface area contributed by atoms with Crippen molar-refractivity contribution in [1.82, 2.24) is 14.7 Å². The van der Waals surface area contributed by atoms with E-state index in [0.717, 1.165) is 16.7 Å². The highest BCUT2D eigenvalue weighted by molar-refractivity contribution is 14.1. The van der Waals surface area contributed by atoms with E-state index in [1.54, 1.807) is 15.8 Å². The highest BCUT2D eigenvalue weighted by atomic mass is 127. The van der Waals surface area contributed by atoms with Crippen molar-refractivity contribution in [1.29, 1.82) is 0 Å². The molecule has 1 amide bonds. The van der Waals surface area contributed by atoms with Gasteiger partial charge in [-0.1, -0.05) is 0 Å². The van der Waals surface area contributed by atoms with E-state index in [1.807, 2.05) is 20.0 Å². The molecule has 4 nitrogen and oxygen atoms in total. The summed E-state index contributed by atoms with van der Waals surface area (Å²) < 4.78 is 2.72. The van der Waals surface area contributed by atoms with E-state index >= 15 is 0 Å². The van der Waals surface area contributed by atoms with Crippen molar-refractivity contribution >= 4 is 28.5 Å². The summed E-state index contributed by atoms with van der Waals surface area (Å²) in [4.78, 5) is 13.4. The maximum atomic E-state index is 11.6. The molecule has 14 heavy (non-hydrogen) atoms. The number of aromatic nitrogens is 2. The summed E-state index contributed by atoms with van der Waals surface area (Å²) in [6.45, 7) is 5.81. The molecule has 0 saturated carbocycles. The number of carbonyl (C=O) groups is 1. The SMILES string of the molecule is CCN(CC)C(=O)Cn1cc(I)cn1. The normalized spacial score (nSPS) is 10.2. The zero-order valence-corrected chi connectivity index (χ0v) is 10.6. The van der Waals surface area contributed by atoms with Gasteiger partial charge in [0.05, 0.1) is 9.77 Å². The minimum Gasteiger partial charge on any atom is -0.342 e. The quantitative estimate of drug-likeness (QED) is 0.788. The van der Waals surface area contributed by atoms with Gasteiger partial charge in [-0.2, -0.15) is 5.10 Å². The minimum absolute atomic E-state index is 0.120. The number of hydrogen-bond acceptors (Lipinski definition) is 2. The van der Waals surface area contributed by atoms with Gasteiger partial charge < -0.3 is 4.90 Å². The van der Waals surface area contributed by atoms with Crippen molar-refractivity contribution in [2.24, 2.45) is 0 Å². The van der Waals surface area contributed by atoms with Crippen LogP contribution in [0.15, 0.2) is 12.4 Å². The Labute approximate surface area is 97.4 Å². The monoisotopic (exact) mass is 307 g/mol. The van der Waals surface area contributed by atoms with E-state index in [-0.39, 0.29) is 5.91 Å². The summed E-state index contributed by atoms with van der Waals surface area (Å²) in [6.07, 6.45) is 3.61. The fourth-order valence-corrected chi connectivity index (χ4v) is 1.69. The van der Waals surface area contributed by atoms with E-state index in [9.17, 15) is 4.79 Å². The van der Waals surface area contributed by atoms with Crippen molar-refractivity contribution in [2.75, 3.05) is 13.1 Å². The van der Waals surface area contributed by atoms with Crippen LogP contribution in [-0.2, 0) is 11.3 Å². The van der Waals surface area contributed by atoms with E-state index in [1.165, 1.54) is 0 Å². The fraction of sp³-hybridized carbons (Fsp3) is 0.556. The van der Waals surface area contributed by atoms with Gasteiger partial charge >= 0.3 is 0 Å². The molecule has 78 valence electrons. The first kappa shape index (κ1) is 11.5. The lowest BCUT2D eigenvalue weighted by molar-refractivity contribution is -0.131. The van der Waals surface area contributed by atoms with Crippen LogP contribution in [0.25, 0.3) is 0 Å². The molecular formula is C9H14IN3O. The van der Waals surface area contributed by atoms with Crippen LogP contribution in [0.5, 0.6) is 0 Å². The maximum absolute atomic E-state index is 11.6. The Bertz CT molecular complexity index is 307. The van der Waals surface area contributed by atoms with E-state index < -0.39 is 0 Å². The zero-order valence-electron chi connectivity index (χ0n) is 8.40. The summed E-state index contributed by atoms with van der Waals surface area (Å²) in [5.74, 6) is 0.120. The Morgan fingerprint density at radius 2 is 2.21 bits per heavy atom. The molecule has 0 bridgehead atoms. The van der Waals surface area contributed by atoms with Gasteiger partial charge in [-0.25, -0.2) is 0 Å². The Kier molecular flexibility index (Phi) is 4.37. The van der Waals surface area contributed by atoms with Crippen LogP contribution in [0.1, 0.15) is 13.8 Å². The first-order chi connectivity index (χ1) is 6.67. The molecule has 0 saturated heterocycles. The second kappa shape index (κ2) is 5.33. The summed E-state index contributed by atoms with van der Waals surface area (Å²) in [6, 6.07) is 0. The first-order valence-corrected chi connectivity index (χ1v) is 5.71. The minimum atomic E-state index is 0.120. The van der Waals surface area contributed by atoms with Gasteiger partial charge in [0.15, 0.2) is 0 Å². The summed E-state index contributed by atoms with van der Waals surface area (Å²) in [7, 11) is 0. The van der Waals surface area contributed by atoms with Crippen LogP contribution in [-0.4, -0.2) is 33.7 Å². The van der Waals surface area contributed by atoms with Crippen LogP contribution < -0.4 is 0 Å². The number of nitrogens with zero attached hydrogens (tertiary/aromatic N) is 3. The van der Waals surface area contributed by atoms with Crippen LogP contribution in [0.3, 0.4) is 0 Å². The molecule has 1 aromatic rings. The lowest BCUT2D eigenvalue weighted by atomic mass is 10.4.